The Bertz CT molecular complexity index is 703. The molecule has 120 valence electrons. The van der Waals surface area contributed by atoms with E-state index in [2.05, 4.69) is 62.0 Å². The maximum Gasteiger partial charge on any atom is 0.194 e. The highest BCUT2D eigenvalue weighted by Crippen LogP contribution is 2.22. The number of nitrogens with one attached hydrogen (secondary N) is 1. The van der Waals surface area contributed by atoms with E-state index >= 15 is 0 Å². The van der Waals surface area contributed by atoms with Gasteiger partial charge in [0.2, 0.25) is 0 Å². The highest BCUT2D eigenvalue weighted by atomic mass is 32.1. The third-order valence-corrected chi connectivity index (χ3v) is 4.90. The number of hydrogen-bond acceptors (Lipinski definition) is 3. The van der Waals surface area contributed by atoms with E-state index in [9.17, 15) is 0 Å². The molecule has 5 heteroatoms. The summed E-state index contributed by atoms with van der Waals surface area (Å²) in [6.45, 7) is 4.63. The van der Waals surface area contributed by atoms with Gasteiger partial charge in [0.05, 0.1) is 6.54 Å². The lowest BCUT2D eigenvalue weighted by Crippen LogP contribution is -2.43. The molecule has 3 rings (SSSR count). The minimum Gasteiger partial charge on any atom is -0.350 e. The summed E-state index contributed by atoms with van der Waals surface area (Å²) in [6.07, 6.45) is 3.35. The van der Waals surface area contributed by atoms with Crippen LogP contribution in [0.3, 0.4) is 0 Å². The van der Waals surface area contributed by atoms with Crippen molar-refractivity contribution in [2.24, 2.45) is 4.99 Å². The first-order chi connectivity index (χ1) is 11.3. The van der Waals surface area contributed by atoms with E-state index < -0.39 is 0 Å². The van der Waals surface area contributed by atoms with Gasteiger partial charge in [-0.25, -0.2) is 4.98 Å². The quantitative estimate of drug-likeness (QED) is 0.695. The molecule has 1 N–H and O–H groups in total. The Morgan fingerprint density at radius 2 is 2.17 bits per heavy atom. The number of aliphatic imine (C=N–C) groups is 1. The first-order valence-electron chi connectivity index (χ1n) is 7.87. The lowest BCUT2D eigenvalue weighted by Gasteiger charge is -2.29. The third kappa shape index (κ3) is 3.99. The van der Waals surface area contributed by atoms with Crippen LogP contribution in [0, 0.1) is 6.92 Å². The fraction of sp³-hybridized carbons (Fsp3) is 0.333. The number of benzene rings is 1. The van der Waals surface area contributed by atoms with Gasteiger partial charge in [0.25, 0.3) is 0 Å². The Kier molecular flexibility index (Phi) is 5.08. The minimum absolute atomic E-state index is 0.733. The zero-order valence-electron chi connectivity index (χ0n) is 13.6. The standard InChI is InChI=1S/C18H22N4S/c1-14-13-23-17(21-14)12-20-18(19-2)22-10-8-16(9-11-22)15-6-4-3-5-7-15/h3-8,13H,9-12H2,1-2H3,(H,19,20). The summed E-state index contributed by atoms with van der Waals surface area (Å²) >= 11 is 1.69. The van der Waals surface area contributed by atoms with Crippen molar-refractivity contribution in [3.05, 3.63) is 58.1 Å². The van der Waals surface area contributed by atoms with Crippen molar-refractivity contribution in [3.63, 3.8) is 0 Å². The zero-order chi connectivity index (χ0) is 16.1. The SMILES string of the molecule is CN=C(NCc1nc(C)cs1)N1CC=C(c2ccccc2)CC1. The van der Waals surface area contributed by atoms with Crippen molar-refractivity contribution in [3.8, 4) is 0 Å². The summed E-state index contributed by atoms with van der Waals surface area (Å²) in [4.78, 5) is 11.2. The Morgan fingerprint density at radius 3 is 2.78 bits per heavy atom. The summed E-state index contributed by atoms with van der Waals surface area (Å²) in [5.41, 5.74) is 3.83. The number of guanidine groups is 1. The molecule has 0 amide bonds. The smallest absolute Gasteiger partial charge is 0.194 e. The van der Waals surface area contributed by atoms with Gasteiger partial charge in [0, 0.05) is 31.2 Å². The maximum atomic E-state index is 4.48. The van der Waals surface area contributed by atoms with Gasteiger partial charge >= 0.3 is 0 Å². The Labute approximate surface area is 141 Å². The molecule has 1 aromatic heterocycles. The number of aromatic nitrogens is 1. The summed E-state index contributed by atoms with van der Waals surface area (Å²) in [6, 6.07) is 10.6. The van der Waals surface area contributed by atoms with E-state index in [1.807, 2.05) is 14.0 Å². The molecule has 2 aromatic rings. The molecule has 2 heterocycles. The van der Waals surface area contributed by atoms with Crippen LogP contribution in [0.1, 0.15) is 22.7 Å². The molecular formula is C18H22N4S. The van der Waals surface area contributed by atoms with Crippen LogP contribution in [0.15, 0.2) is 46.8 Å². The number of thiazole rings is 1. The van der Waals surface area contributed by atoms with Crippen LogP contribution >= 0.6 is 11.3 Å². The minimum atomic E-state index is 0.733. The first-order valence-corrected chi connectivity index (χ1v) is 8.75. The second-order valence-corrected chi connectivity index (χ2v) is 6.52. The molecule has 1 aliphatic heterocycles. The normalized spacial score (nSPS) is 15.5. The average Bonchev–Trinajstić information content (AvgIpc) is 3.02. The maximum absolute atomic E-state index is 4.48. The molecule has 0 saturated carbocycles. The molecule has 1 aromatic carbocycles. The van der Waals surface area contributed by atoms with E-state index in [1.54, 1.807) is 11.3 Å². The Hall–Kier alpha value is -2.14. The van der Waals surface area contributed by atoms with Gasteiger partial charge in [0.15, 0.2) is 5.96 Å². The van der Waals surface area contributed by atoms with Crippen LogP contribution in [0.2, 0.25) is 0 Å². The summed E-state index contributed by atoms with van der Waals surface area (Å²) in [7, 11) is 1.84. The van der Waals surface area contributed by atoms with Gasteiger partial charge in [-0.2, -0.15) is 0 Å². The van der Waals surface area contributed by atoms with E-state index in [1.165, 1.54) is 11.1 Å². The lowest BCUT2D eigenvalue weighted by atomic mass is 10.00. The topological polar surface area (TPSA) is 40.5 Å². The third-order valence-electron chi connectivity index (χ3n) is 3.93. The number of aryl methyl sites for hydroxylation is 1. The van der Waals surface area contributed by atoms with Crippen molar-refractivity contribution >= 4 is 22.9 Å². The molecule has 4 nitrogen and oxygen atoms in total. The zero-order valence-corrected chi connectivity index (χ0v) is 14.4. The van der Waals surface area contributed by atoms with Crippen LogP contribution in [-0.4, -0.2) is 36.0 Å². The van der Waals surface area contributed by atoms with Crippen LogP contribution in [0.25, 0.3) is 5.57 Å². The lowest BCUT2D eigenvalue weighted by molar-refractivity contribution is 0.439. The number of hydrogen-bond donors (Lipinski definition) is 1. The van der Waals surface area contributed by atoms with Crippen LogP contribution in [0.4, 0.5) is 0 Å². The van der Waals surface area contributed by atoms with E-state index in [0.29, 0.717) is 0 Å². The second kappa shape index (κ2) is 7.42. The molecule has 0 radical (unpaired) electrons. The van der Waals surface area contributed by atoms with Crippen molar-refractivity contribution in [2.75, 3.05) is 20.1 Å². The fourth-order valence-corrected chi connectivity index (χ4v) is 3.46. The predicted octanol–water partition coefficient (Wildman–Crippen LogP) is 3.32. The summed E-state index contributed by atoms with van der Waals surface area (Å²) in [5.74, 6) is 0.946. The molecule has 0 bridgehead atoms. The van der Waals surface area contributed by atoms with E-state index in [4.69, 9.17) is 0 Å². The molecule has 23 heavy (non-hydrogen) atoms. The van der Waals surface area contributed by atoms with Crippen molar-refractivity contribution in [1.82, 2.24) is 15.2 Å². The second-order valence-electron chi connectivity index (χ2n) is 5.57. The summed E-state index contributed by atoms with van der Waals surface area (Å²) < 4.78 is 0. The van der Waals surface area contributed by atoms with Crippen molar-refractivity contribution in [2.45, 2.75) is 19.9 Å². The van der Waals surface area contributed by atoms with Crippen molar-refractivity contribution < 1.29 is 0 Å². The number of rotatable bonds is 3. The first kappa shape index (κ1) is 15.7. The fourth-order valence-electron chi connectivity index (χ4n) is 2.75. The van der Waals surface area contributed by atoms with Gasteiger partial charge in [-0.15, -0.1) is 11.3 Å². The number of nitrogens with zero attached hydrogens (tertiary/aromatic N) is 3. The molecule has 0 spiro atoms. The van der Waals surface area contributed by atoms with E-state index in [0.717, 1.165) is 42.7 Å². The molecule has 0 fully saturated rings. The molecule has 0 unspecified atom stereocenters. The highest BCUT2D eigenvalue weighted by molar-refractivity contribution is 7.09. The Balaban J connectivity index is 1.60. The van der Waals surface area contributed by atoms with Crippen LogP contribution < -0.4 is 5.32 Å². The van der Waals surface area contributed by atoms with Gasteiger partial charge in [-0.3, -0.25) is 4.99 Å². The monoisotopic (exact) mass is 326 g/mol. The molecular weight excluding hydrogens is 304 g/mol. The van der Waals surface area contributed by atoms with E-state index in [-0.39, 0.29) is 0 Å². The van der Waals surface area contributed by atoms with Gasteiger partial charge in [-0.1, -0.05) is 36.4 Å². The predicted molar refractivity (Wildman–Crippen MR) is 97.7 cm³/mol. The van der Waals surface area contributed by atoms with Gasteiger partial charge in [-0.05, 0) is 24.5 Å². The Morgan fingerprint density at radius 1 is 1.35 bits per heavy atom. The summed E-state index contributed by atoms with van der Waals surface area (Å²) in [5, 5.41) is 6.60. The van der Waals surface area contributed by atoms with Gasteiger partial charge in [0.1, 0.15) is 5.01 Å². The van der Waals surface area contributed by atoms with Crippen LogP contribution in [0.5, 0.6) is 0 Å². The molecule has 0 saturated heterocycles. The molecule has 0 atom stereocenters. The largest absolute Gasteiger partial charge is 0.350 e. The van der Waals surface area contributed by atoms with Gasteiger partial charge < -0.3 is 10.2 Å². The van der Waals surface area contributed by atoms with Crippen molar-refractivity contribution in [1.29, 1.82) is 0 Å². The average molecular weight is 326 g/mol. The molecule has 1 aliphatic rings. The van der Waals surface area contributed by atoms with Crippen LogP contribution in [-0.2, 0) is 6.54 Å². The highest BCUT2D eigenvalue weighted by Gasteiger charge is 2.16. The molecule has 0 aliphatic carbocycles.